The second kappa shape index (κ2) is 10.1. The number of nitrogens with one attached hydrogen (secondary N) is 2. The van der Waals surface area contributed by atoms with Crippen LogP contribution in [0.25, 0.3) is 0 Å². The van der Waals surface area contributed by atoms with Crippen molar-refractivity contribution in [2.75, 3.05) is 16.8 Å². The average Bonchev–Trinajstić information content (AvgIpc) is 2.75. The molecule has 2 amide bonds. The monoisotopic (exact) mass is 481 g/mol. The van der Waals surface area contributed by atoms with Gasteiger partial charge in [-0.15, -0.1) is 0 Å². The highest BCUT2D eigenvalue weighted by molar-refractivity contribution is 9.10. The molecule has 2 N–H and O–H groups in total. The molecule has 152 valence electrons. The topological polar surface area (TPSA) is 61.4 Å². The fourth-order valence-electron chi connectivity index (χ4n) is 2.88. The van der Waals surface area contributed by atoms with E-state index in [1.54, 1.807) is 47.4 Å². The summed E-state index contributed by atoms with van der Waals surface area (Å²) in [6.07, 6.45) is 0. The molecule has 0 spiro atoms. The number of amides is 2. The number of thiocarbonyl (C=S) groups is 1. The van der Waals surface area contributed by atoms with E-state index < -0.39 is 0 Å². The molecular formula is C23H20BrN3O2S. The molecule has 3 aromatic carbocycles. The van der Waals surface area contributed by atoms with Crippen LogP contribution in [0.5, 0.6) is 0 Å². The van der Waals surface area contributed by atoms with Crippen LogP contribution in [0.2, 0.25) is 0 Å². The van der Waals surface area contributed by atoms with E-state index in [-0.39, 0.29) is 16.9 Å². The number of benzene rings is 3. The highest BCUT2D eigenvalue weighted by Gasteiger charge is 2.16. The average molecular weight is 482 g/mol. The maximum Gasteiger partial charge on any atom is 0.258 e. The van der Waals surface area contributed by atoms with Crippen molar-refractivity contribution in [1.29, 1.82) is 0 Å². The molecule has 3 aromatic rings. The molecule has 7 heteroatoms. The Morgan fingerprint density at radius 1 is 0.933 bits per heavy atom. The number of halogens is 1. The minimum Gasteiger partial charge on any atom is -0.332 e. The van der Waals surface area contributed by atoms with E-state index in [4.69, 9.17) is 12.2 Å². The maximum atomic E-state index is 12.9. The predicted molar refractivity (Wildman–Crippen MR) is 128 cm³/mol. The van der Waals surface area contributed by atoms with Crippen LogP contribution in [0.15, 0.2) is 83.3 Å². The number of rotatable bonds is 5. The van der Waals surface area contributed by atoms with Crippen LogP contribution in [0.3, 0.4) is 0 Å². The van der Waals surface area contributed by atoms with Gasteiger partial charge in [-0.1, -0.05) is 30.3 Å². The van der Waals surface area contributed by atoms with E-state index in [9.17, 15) is 9.59 Å². The molecular weight excluding hydrogens is 462 g/mol. The van der Waals surface area contributed by atoms with Crippen molar-refractivity contribution in [3.05, 3.63) is 94.5 Å². The zero-order chi connectivity index (χ0) is 21.5. The molecule has 0 aliphatic heterocycles. The second-order valence-corrected chi connectivity index (χ2v) is 7.61. The summed E-state index contributed by atoms with van der Waals surface area (Å²) in [5.74, 6) is -0.395. The number of carbonyl (C=O) groups excluding carboxylic acids is 2. The molecule has 0 unspecified atom stereocenters. The van der Waals surface area contributed by atoms with Crippen molar-refractivity contribution >= 4 is 56.4 Å². The Kier molecular flexibility index (Phi) is 7.32. The fourth-order valence-corrected chi connectivity index (χ4v) is 3.56. The van der Waals surface area contributed by atoms with Gasteiger partial charge in [0, 0.05) is 28.0 Å². The molecule has 0 heterocycles. The molecule has 0 saturated carbocycles. The lowest BCUT2D eigenvalue weighted by Crippen LogP contribution is -2.34. The summed E-state index contributed by atoms with van der Waals surface area (Å²) < 4.78 is 0.687. The van der Waals surface area contributed by atoms with Crippen molar-refractivity contribution in [2.24, 2.45) is 0 Å². The third-order valence-electron chi connectivity index (χ3n) is 4.36. The number of hydrogen-bond acceptors (Lipinski definition) is 3. The van der Waals surface area contributed by atoms with Crippen LogP contribution < -0.4 is 15.5 Å². The van der Waals surface area contributed by atoms with Gasteiger partial charge in [0.25, 0.3) is 11.8 Å². The van der Waals surface area contributed by atoms with E-state index in [0.717, 1.165) is 5.69 Å². The summed E-state index contributed by atoms with van der Waals surface area (Å²) in [5.41, 5.74) is 2.58. The summed E-state index contributed by atoms with van der Waals surface area (Å²) in [6, 6.07) is 23.6. The molecule has 0 bridgehead atoms. The van der Waals surface area contributed by atoms with E-state index in [0.29, 0.717) is 27.8 Å². The zero-order valence-corrected chi connectivity index (χ0v) is 18.7. The number of carbonyl (C=O) groups is 2. The molecule has 0 aromatic heterocycles. The SMILES string of the molecule is CCN(C(=O)c1ccc(NC(=S)NC(=O)c2ccccc2Br)cc1)c1ccccc1. The van der Waals surface area contributed by atoms with Gasteiger partial charge in [-0.05, 0) is 83.6 Å². The minimum absolute atomic E-state index is 0.0833. The highest BCUT2D eigenvalue weighted by Crippen LogP contribution is 2.18. The lowest BCUT2D eigenvalue weighted by molar-refractivity contribution is 0.0973. The van der Waals surface area contributed by atoms with E-state index in [1.165, 1.54) is 0 Å². The number of para-hydroxylation sites is 1. The zero-order valence-electron chi connectivity index (χ0n) is 16.3. The summed E-state index contributed by atoms with van der Waals surface area (Å²) in [4.78, 5) is 26.9. The standard InChI is InChI=1S/C23H20BrN3O2S/c1-2-27(18-8-4-3-5-9-18)22(29)16-12-14-17(15-13-16)25-23(30)26-21(28)19-10-6-7-11-20(19)24/h3-15H,2H2,1H3,(H2,25,26,28,30). The third kappa shape index (κ3) is 5.31. The fraction of sp³-hybridized carbons (Fsp3) is 0.0870. The Balaban J connectivity index is 1.64. The van der Waals surface area contributed by atoms with Gasteiger partial charge in [0.15, 0.2) is 5.11 Å². The van der Waals surface area contributed by atoms with Gasteiger partial charge >= 0.3 is 0 Å². The van der Waals surface area contributed by atoms with Crippen molar-refractivity contribution < 1.29 is 9.59 Å². The Hall–Kier alpha value is -3.03. The predicted octanol–water partition coefficient (Wildman–Crippen LogP) is 5.24. The van der Waals surface area contributed by atoms with E-state index in [2.05, 4.69) is 26.6 Å². The van der Waals surface area contributed by atoms with Gasteiger partial charge in [0.05, 0.1) is 5.56 Å². The van der Waals surface area contributed by atoms with E-state index >= 15 is 0 Å². The van der Waals surface area contributed by atoms with Crippen molar-refractivity contribution in [1.82, 2.24) is 5.32 Å². The Labute approximate surface area is 189 Å². The van der Waals surface area contributed by atoms with Gasteiger partial charge in [-0.25, -0.2) is 0 Å². The van der Waals surface area contributed by atoms with Gasteiger partial charge in [0.1, 0.15) is 0 Å². The van der Waals surface area contributed by atoms with Crippen molar-refractivity contribution in [3.8, 4) is 0 Å². The lowest BCUT2D eigenvalue weighted by Gasteiger charge is -2.21. The second-order valence-electron chi connectivity index (χ2n) is 6.35. The minimum atomic E-state index is -0.312. The summed E-state index contributed by atoms with van der Waals surface area (Å²) in [5, 5.41) is 5.79. The first-order valence-electron chi connectivity index (χ1n) is 9.33. The first kappa shape index (κ1) is 21.7. The summed E-state index contributed by atoms with van der Waals surface area (Å²) in [6.45, 7) is 2.50. The highest BCUT2D eigenvalue weighted by atomic mass is 79.9. The molecule has 0 radical (unpaired) electrons. The molecule has 0 fully saturated rings. The normalized spacial score (nSPS) is 10.2. The molecule has 0 aliphatic carbocycles. The van der Waals surface area contributed by atoms with Crippen LogP contribution >= 0.6 is 28.1 Å². The number of anilines is 2. The van der Waals surface area contributed by atoms with Crippen LogP contribution in [0, 0.1) is 0 Å². The Morgan fingerprint density at radius 2 is 1.57 bits per heavy atom. The third-order valence-corrected chi connectivity index (χ3v) is 5.26. The summed E-state index contributed by atoms with van der Waals surface area (Å²) in [7, 11) is 0. The van der Waals surface area contributed by atoms with Gasteiger partial charge in [-0.2, -0.15) is 0 Å². The van der Waals surface area contributed by atoms with Gasteiger partial charge in [0.2, 0.25) is 0 Å². The largest absolute Gasteiger partial charge is 0.332 e. The van der Waals surface area contributed by atoms with Crippen LogP contribution in [0.4, 0.5) is 11.4 Å². The Bertz CT molecular complexity index is 1060. The number of nitrogens with zero attached hydrogens (tertiary/aromatic N) is 1. The quantitative estimate of drug-likeness (QED) is 0.489. The molecule has 5 nitrogen and oxygen atoms in total. The first-order valence-corrected chi connectivity index (χ1v) is 10.5. The molecule has 0 saturated heterocycles. The molecule has 0 atom stereocenters. The lowest BCUT2D eigenvalue weighted by atomic mass is 10.1. The van der Waals surface area contributed by atoms with Crippen molar-refractivity contribution in [3.63, 3.8) is 0 Å². The Morgan fingerprint density at radius 3 is 2.20 bits per heavy atom. The maximum absolute atomic E-state index is 12.9. The molecule has 30 heavy (non-hydrogen) atoms. The van der Waals surface area contributed by atoms with Crippen LogP contribution in [0.1, 0.15) is 27.6 Å². The van der Waals surface area contributed by atoms with Crippen LogP contribution in [-0.4, -0.2) is 23.5 Å². The van der Waals surface area contributed by atoms with Crippen molar-refractivity contribution in [2.45, 2.75) is 6.92 Å². The summed E-state index contributed by atoms with van der Waals surface area (Å²) >= 11 is 8.58. The number of hydrogen-bond donors (Lipinski definition) is 2. The van der Waals surface area contributed by atoms with E-state index in [1.807, 2.05) is 43.3 Å². The van der Waals surface area contributed by atoms with Gasteiger partial charge < -0.3 is 10.2 Å². The molecule has 3 rings (SSSR count). The molecule has 0 aliphatic rings. The smallest absolute Gasteiger partial charge is 0.258 e. The van der Waals surface area contributed by atoms with Crippen LogP contribution in [-0.2, 0) is 0 Å². The van der Waals surface area contributed by atoms with Gasteiger partial charge in [-0.3, -0.25) is 14.9 Å². The first-order chi connectivity index (χ1) is 14.5.